The van der Waals surface area contributed by atoms with E-state index >= 15 is 0 Å². The van der Waals surface area contributed by atoms with E-state index in [9.17, 15) is 4.39 Å². The van der Waals surface area contributed by atoms with E-state index in [2.05, 4.69) is 36.4 Å². The first-order valence-corrected chi connectivity index (χ1v) is 12.0. The van der Waals surface area contributed by atoms with Crippen molar-refractivity contribution in [3.05, 3.63) is 47.8 Å². The maximum Gasteiger partial charge on any atom is 0.165 e. The van der Waals surface area contributed by atoms with Gasteiger partial charge in [0.25, 0.3) is 0 Å². The SMILES string of the molecule is CC(C)C1CC(NCC[C@@]2(c3ccccn3)CCOC3(CCCC3)C2)c2c(F)cnn21. The monoisotopic (exact) mass is 426 g/mol. The lowest BCUT2D eigenvalue weighted by Gasteiger charge is -2.46. The minimum absolute atomic E-state index is 0.0195. The Bertz CT molecular complexity index is 892. The van der Waals surface area contributed by atoms with Crippen molar-refractivity contribution in [1.82, 2.24) is 20.1 Å². The summed E-state index contributed by atoms with van der Waals surface area (Å²) in [6.45, 7) is 6.02. The summed E-state index contributed by atoms with van der Waals surface area (Å²) >= 11 is 0. The van der Waals surface area contributed by atoms with Gasteiger partial charge < -0.3 is 10.1 Å². The quantitative estimate of drug-likeness (QED) is 0.698. The van der Waals surface area contributed by atoms with Crippen molar-refractivity contribution in [2.45, 2.75) is 88.3 Å². The highest BCUT2D eigenvalue weighted by Gasteiger charge is 2.48. The van der Waals surface area contributed by atoms with Crippen LogP contribution in [-0.4, -0.2) is 33.5 Å². The molecule has 5 nitrogen and oxygen atoms in total. The van der Waals surface area contributed by atoms with Crippen molar-refractivity contribution >= 4 is 0 Å². The Morgan fingerprint density at radius 3 is 2.84 bits per heavy atom. The van der Waals surface area contributed by atoms with Crippen LogP contribution in [0.2, 0.25) is 0 Å². The summed E-state index contributed by atoms with van der Waals surface area (Å²) in [7, 11) is 0. The number of hydrogen-bond acceptors (Lipinski definition) is 4. The first-order chi connectivity index (χ1) is 15.0. The van der Waals surface area contributed by atoms with Gasteiger partial charge in [0.2, 0.25) is 0 Å². The summed E-state index contributed by atoms with van der Waals surface area (Å²) in [5, 5.41) is 8.03. The summed E-state index contributed by atoms with van der Waals surface area (Å²) in [6, 6.07) is 6.57. The largest absolute Gasteiger partial charge is 0.375 e. The lowest BCUT2D eigenvalue weighted by atomic mass is 9.68. The number of ether oxygens (including phenoxy) is 1. The fourth-order valence-electron chi connectivity index (χ4n) is 6.41. The van der Waals surface area contributed by atoms with Crippen LogP contribution in [0.3, 0.4) is 0 Å². The summed E-state index contributed by atoms with van der Waals surface area (Å²) in [4.78, 5) is 4.80. The zero-order valence-electron chi connectivity index (χ0n) is 18.8. The van der Waals surface area contributed by atoms with Crippen molar-refractivity contribution in [1.29, 1.82) is 0 Å². The average molecular weight is 427 g/mol. The summed E-state index contributed by atoms with van der Waals surface area (Å²) < 4.78 is 22.8. The number of nitrogens with one attached hydrogen (secondary N) is 1. The Hall–Kier alpha value is -1.79. The highest BCUT2D eigenvalue weighted by molar-refractivity contribution is 5.21. The van der Waals surface area contributed by atoms with Crippen LogP contribution in [0.1, 0.15) is 88.7 Å². The van der Waals surface area contributed by atoms with E-state index < -0.39 is 0 Å². The fraction of sp³-hybridized carbons (Fsp3) is 0.680. The van der Waals surface area contributed by atoms with Gasteiger partial charge in [0.1, 0.15) is 0 Å². The van der Waals surface area contributed by atoms with Gasteiger partial charge in [0.15, 0.2) is 5.82 Å². The molecule has 3 aliphatic rings. The molecule has 1 spiro atoms. The molecule has 2 aromatic rings. The van der Waals surface area contributed by atoms with Gasteiger partial charge in [-0.1, -0.05) is 32.8 Å². The number of fused-ring (bicyclic) bond motifs is 1. The van der Waals surface area contributed by atoms with Crippen molar-refractivity contribution in [3.8, 4) is 0 Å². The predicted molar refractivity (Wildman–Crippen MR) is 118 cm³/mol. The second kappa shape index (κ2) is 8.28. The Labute approximate surface area is 184 Å². The predicted octanol–water partition coefficient (Wildman–Crippen LogP) is 5.10. The third-order valence-corrected chi connectivity index (χ3v) is 8.04. The van der Waals surface area contributed by atoms with Gasteiger partial charge in [-0.2, -0.15) is 5.10 Å². The van der Waals surface area contributed by atoms with Crippen molar-refractivity contribution < 1.29 is 9.13 Å². The lowest BCUT2D eigenvalue weighted by Crippen LogP contribution is -2.47. The molecule has 0 aromatic carbocycles. The van der Waals surface area contributed by atoms with E-state index in [4.69, 9.17) is 9.72 Å². The molecule has 0 bridgehead atoms. The van der Waals surface area contributed by atoms with Crippen molar-refractivity contribution in [2.75, 3.05) is 13.2 Å². The second-order valence-electron chi connectivity index (χ2n) is 10.3. The van der Waals surface area contributed by atoms with E-state index in [1.165, 1.54) is 24.7 Å². The molecule has 1 N–H and O–H groups in total. The maximum absolute atomic E-state index is 14.5. The van der Waals surface area contributed by atoms with Gasteiger partial charge in [-0.15, -0.1) is 0 Å². The number of hydrogen-bond donors (Lipinski definition) is 1. The van der Waals surface area contributed by atoms with Crippen molar-refractivity contribution in [2.24, 2.45) is 5.92 Å². The Morgan fingerprint density at radius 1 is 1.26 bits per heavy atom. The third-order valence-electron chi connectivity index (χ3n) is 8.04. The summed E-state index contributed by atoms with van der Waals surface area (Å²) in [6.07, 6.45) is 12.1. The Balaban J connectivity index is 1.34. The maximum atomic E-state index is 14.5. The minimum atomic E-state index is -0.184. The second-order valence-corrected chi connectivity index (χ2v) is 10.3. The average Bonchev–Trinajstić information content (AvgIpc) is 3.47. The van der Waals surface area contributed by atoms with E-state index in [0.717, 1.165) is 57.4 Å². The summed E-state index contributed by atoms with van der Waals surface area (Å²) in [5.74, 6) is 0.249. The van der Waals surface area contributed by atoms with E-state index in [1.54, 1.807) is 0 Å². The molecular formula is C25H35FN4O. The summed E-state index contributed by atoms with van der Waals surface area (Å²) in [5.41, 5.74) is 1.96. The van der Waals surface area contributed by atoms with E-state index in [1.807, 2.05) is 16.9 Å². The van der Waals surface area contributed by atoms with Crippen LogP contribution in [0.25, 0.3) is 0 Å². The molecule has 4 heterocycles. The smallest absolute Gasteiger partial charge is 0.165 e. The molecule has 6 heteroatoms. The minimum Gasteiger partial charge on any atom is -0.375 e. The Kier molecular flexibility index (Phi) is 5.63. The first kappa shape index (κ1) is 21.1. The molecule has 1 aliphatic carbocycles. The Morgan fingerprint density at radius 2 is 2.10 bits per heavy atom. The van der Waals surface area contributed by atoms with Crippen LogP contribution < -0.4 is 5.32 Å². The van der Waals surface area contributed by atoms with Gasteiger partial charge in [-0.3, -0.25) is 9.67 Å². The van der Waals surface area contributed by atoms with Gasteiger partial charge in [-0.25, -0.2) is 4.39 Å². The van der Waals surface area contributed by atoms with Crippen LogP contribution in [0, 0.1) is 11.7 Å². The number of rotatable bonds is 6. The third kappa shape index (κ3) is 3.82. The fourth-order valence-corrected chi connectivity index (χ4v) is 6.41. The normalized spacial score (nSPS) is 29.7. The molecule has 3 atom stereocenters. The zero-order valence-corrected chi connectivity index (χ0v) is 18.8. The molecule has 1 saturated heterocycles. The van der Waals surface area contributed by atoms with Crippen LogP contribution in [-0.2, 0) is 10.2 Å². The number of aromatic nitrogens is 3. The number of nitrogens with zero attached hydrogens (tertiary/aromatic N) is 3. The van der Waals surface area contributed by atoms with Crippen LogP contribution >= 0.6 is 0 Å². The number of pyridine rings is 1. The van der Waals surface area contributed by atoms with E-state index in [-0.39, 0.29) is 28.9 Å². The van der Waals surface area contributed by atoms with Gasteiger partial charge in [-0.05, 0) is 63.1 Å². The highest BCUT2D eigenvalue weighted by Crippen LogP contribution is 2.49. The molecule has 0 radical (unpaired) electrons. The molecule has 31 heavy (non-hydrogen) atoms. The molecule has 2 aromatic heterocycles. The van der Waals surface area contributed by atoms with Crippen LogP contribution in [0.15, 0.2) is 30.6 Å². The molecule has 2 fully saturated rings. The highest BCUT2D eigenvalue weighted by atomic mass is 19.1. The molecule has 168 valence electrons. The topological polar surface area (TPSA) is 52.0 Å². The zero-order chi connectivity index (χ0) is 21.5. The van der Waals surface area contributed by atoms with E-state index in [0.29, 0.717) is 5.92 Å². The van der Waals surface area contributed by atoms with Gasteiger partial charge in [0, 0.05) is 23.9 Å². The molecular weight excluding hydrogens is 391 g/mol. The van der Waals surface area contributed by atoms with Crippen LogP contribution in [0.4, 0.5) is 4.39 Å². The number of halogens is 1. The molecule has 2 aliphatic heterocycles. The van der Waals surface area contributed by atoms with Gasteiger partial charge >= 0.3 is 0 Å². The van der Waals surface area contributed by atoms with Crippen LogP contribution in [0.5, 0.6) is 0 Å². The van der Waals surface area contributed by atoms with Crippen molar-refractivity contribution in [3.63, 3.8) is 0 Å². The molecule has 1 saturated carbocycles. The molecule has 0 amide bonds. The standard InChI is InChI=1S/C25H35FN4O/c1-18(2)21-15-20(23-19(26)16-29-30(21)23)27-13-10-24(22-7-3-6-12-28-22)11-14-31-25(17-24)8-4-5-9-25/h3,6-7,12,16,18,20-21,27H,4-5,8-11,13-15,17H2,1-2H3/t20?,21?,24-/m1/s1. The molecule has 5 rings (SSSR count). The van der Waals surface area contributed by atoms with Gasteiger partial charge in [0.05, 0.1) is 29.6 Å². The molecule has 2 unspecified atom stereocenters. The lowest BCUT2D eigenvalue weighted by molar-refractivity contribution is -0.104. The first-order valence-electron chi connectivity index (χ1n) is 12.0.